The molecule has 4 heterocycles. The van der Waals surface area contributed by atoms with Gasteiger partial charge in [0.2, 0.25) is 17.5 Å². The Labute approximate surface area is 293 Å². The number of aromatic hydroxyl groups is 3. The summed E-state index contributed by atoms with van der Waals surface area (Å²) < 4.78 is 40.3. The Morgan fingerprint density at radius 3 is 1.88 bits per heavy atom. The minimum absolute atomic E-state index is 0.138. The largest absolute Gasteiger partial charge is 0.508 e. The molecule has 0 radical (unpaired) electrons. The molecule has 0 spiro atoms. The Bertz CT molecular complexity index is 1760. The Kier molecular flexibility index (Phi) is 11.0. The summed E-state index contributed by atoms with van der Waals surface area (Å²) in [5, 5.41) is 115. The molecule has 1 aromatic heterocycles. The number of benzene rings is 2. The molecule has 15 atom stereocenters. The number of aliphatic hydroxyl groups is 8. The molecule has 3 fully saturated rings. The zero-order valence-electron chi connectivity index (χ0n) is 27.5. The van der Waals surface area contributed by atoms with Gasteiger partial charge in [-0.15, -0.1) is 0 Å². The van der Waals surface area contributed by atoms with Gasteiger partial charge in [-0.3, -0.25) is 4.79 Å². The van der Waals surface area contributed by atoms with Crippen LogP contribution in [-0.4, -0.2) is 155 Å². The fraction of sp³-hybridized carbons (Fsp3) is 0.545. The molecular weight excluding hydrogens is 700 g/mol. The number of aliphatic hydroxyl groups excluding tert-OH is 8. The number of phenolic OH excluding ortho intramolecular Hbond substituents is 3. The van der Waals surface area contributed by atoms with Crippen molar-refractivity contribution < 1.29 is 89.0 Å². The molecule has 19 nitrogen and oxygen atoms in total. The minimum Gasteiger partial charge on any atom is -0.508 e. The summed E-state index contributed by atoms with van der Waals surface area (Å²) in [5.74, 6) is -2.27. The number of phenols is 3. The summed E-state index contributed by atoms with van der Waals surface area (Å²) in [6.07, 6.45) is -24.7. The maximum absolute atomic E-state index is 14.0. The van der Waals surface area contributed by atoms with E-state index in [0.29, 0.717) is 0 Å². The first-order valence-electron chi connectivity index (χ1n) is 16.2. The molecule has 0 amide bonds. The molecule has 0 aliphatic carbocycles. The van der Waals surface area contributed by atoms with Crippen LogP contribution in [0.4, 0.5) is 0 Å². The van der Waals surface area contributed by atoms with Crippen LogP contribution in [0.25, 0.3) is 22.3 Å². The molecule has 2 aromatic carbocycles. The maximum atomic E-state index is 14.0. The zero-order valence-corrected chi connectivity index (χ0v) is 27.5. The number of ether oxygens (including phenoxy) is 6. The van der Waals surface area contributed by atoms with Gasteiger partial charge in [-0.05, 0) is 38.1 Å². The van der Waals surface area contributed by atoms with Crippen LogP contribution in [0.1, 0.15) is 13.8 Å². The Morgan fingerprint density at radius 1 is 0.654 bits per heavy atom. The predicted octanol–water partition coefficient (Wildman–Crippen LogP) is -2.54. The van der Waals surface area contributed by atoms with E-state index in [2.05, 4.69) is 0 Å². The molecule has 0 saturated carbocycles. The highest BCUT2D eigenvalue weighted by atomic mass is 16.8. The van der Waals surface area contributed by atoms with Crippen molar-refractivity contribution in [1.29, 1.82) is 0 Å². The van der Waals surface area contributed by atoms with Gasteiger partial charge in [0.05, 0.1) is 18.8 Å². The number of hydrogen-bond acceptors (Lipinski definition) is 19. The molecule has 11 N–H and O–H groups in total. The van der Waals surface area contributed by atoms with Crippen molar-refractivity contribution in [3.63, 3.8) is 0 Å². The number of hydrogen-bond donors (Lipinski definition) is 11. The summed E-state index contributed by atoms with van der Waals surface area (Å²) in [4.78, 5) is 14.0. The molecule has 3 aromatic rings. The number of fused-ring (bicyclic) bond motifs is 1. The molecule has 1 unspecified atom stereocenters. The molecule has 0 bridgehead atoms. The monoisotopic (exact) mass is 740 g/mol. The quantitative estimate of drug-likeness (QED) is 0.113. The zero-order chi connectivity index (χ0) is 37.8. The normalized spacial score (nSPS) is 38.3. The standard InChI is InChI=1S/C33H40O19/c1-10-19(37)23(41)26(44)31(47-10)46-9-17-21(39)25(43)30(52-32-27(45)24(42)20(38)11(2)48-32)33(50-17)51-29-22(40)18-15(36)7-14(35)8-16(18)49-28(29)12-3-5-13(34)6-4-12/h3-8,10-11,17,19-21,23-27,30-39,41-45H,9H2,1-2H3/t10-,11-,17+,19-,20-,21+,23+,24+,25-,26+,27+,30+,31+,32-,33?/m0/s1. The SMILES string of the molecule is C[C@@H]1O[C@@H](OC[C@H]2OC(Oc3c(-c4ccc(O)cc4)oc4cc(O)cc(O)c4c3=O)[C@H](O[C@@H]3O[C@@H](C)[C@H](O)[C@@H](O)[C@H]3O)[C@@H](O)[C@@H]2O)[C@H](O)[C@H](O)[C@H]1O. The van der Waals surface area contributed by atoms with Gasteiger partial charge in [0.25, 0.3) is 0 Å². The smallest absolute Gasteiger partial charge is 0.239 e. The van der Waals surface area contributed by atoms with E-state index in [0.717, 1.165) is 12.1 Å². The minimum atomic E-state index is -2.00. The van der Waals surface area contributed by atoms with E-state index in [-0.39, 0.29) is 22.7 Å². The second-order valence-corrected chi connectivity index (χ2v) is 12.9. The van der Waals surface area contributed by atoms with Gasteiger partial charge in [-0.25, -0.2) is 0 Å². The third-order valence-electron chi connectivity index (χ3n) is 9.26. The second kappa shape index (κ2) is 15.0. The van der Waals surface area contributed by atoms with Gasteiger partial charge in [0.1, 0.15) is 83.2 Å². The van der Waals surface area contributed by atoms with Crippen molar-refractivity contribution >= 4 is 11.0 Å². The lowest BCUT2D eigenvalue weighted by atomic mass is 9.97. The Morgan fingerprint density at radius 2 is 1.25 bits per heavy atom. The molecule has 3 aliphatic rings. The summed E-state index contributed by atoms with van der Waals surface area (Å²) in [6.45, 7) is 2.12. The van der Waals surface area contributed by atoms with Gasteiger partial charge >= 0.3 is 0 Å². The highest BCUT2D eigenvalue weighted by Crippen LogP contribution is 2.38. The first-order chi connectivity index (χ1) is 24.6. The molecule has 52 heavy (non-hydrogen) atoms. The van der Waals surface area contributed by atoms with Crippen LogP contribution in [0.5, 0.6) is 23.0 Å². The lowest BCUT2D eigenvalue weighted by molar-refractivity contribution is -0.360. The van der Waals surface area contributed by atoms with Gasteiger partial charge in [-0.2, -0.15) is 0 Å². The molecule has 3 aliphatic heterocycles. The summed E-state index contributed by atoms with van der Waals surface area (Å²) in [6, 6.07) is 7.16. The van der Waals surface area contributed by atoms with E-state index in [1.165, 1.54) is 38.1 Å². The summed E-state index contributed by atoms with van der Waals surface area (Å²) >= 11 is 0. The third kappa shape index (κ3) is 7.16. The molecular formula is C33H40O19. The van der Waals surface area contributed by atoms with Crippen molar-refractivity contribution in [3.05, 3.63) is 46.6 Å². The average molecular weight is 741 g/mol. The van der Waals surface area contributed by atoms with E-state index in [1.54, 1.807) is 0 Å². The van der Waals surface area contributed by atoms with E-state index in [9.17, 15) is 61.0 Å². The first-order valence-corrected chi connectivity index (χ1v) is 16.2. The lowest BCUT2D eigenvalue weighted by Gasteiger charge is -2.46. The third-order valence-corrected chi connectivity index (χ3v) is 9.26. The van der Waals surface area contributed by atoms with Crippen LogP contribution in [0.2, 0.25) is 0 Å². The molecule has 286 valence electrons. The van der Waals surface area contributed by atoms with Gasteiger partial charge in [-0.1, -0.05) is 0 Å². The van der Waals surface area contributed by atoms with E-state index < -0.39 is 127 Å². The van der Waals surface area contributed by atoms with Gasteiger partial charge in [0.15, 0.2) is 24.4 Å². The lowest BCUT2D eigenvalue weighted by Crippen LogP contribution is -2.65. The molecule has 6 rings (SSSR count). The summed E-state index contributed by atoms with van der Waals surface area (Å²) in [5.41, 5.74) is -1.15. The van der Waals surface area contributed by atoms with Crippen molar-refractivity contribution in [2.75, 3.05) is 6.61 Å². The first kappa shape index (κ1) is 38.1. The van der Waals surface area contributed by atoms with E-state index in [1.807, 2.05) is 0 Å². The second-order valence-electron chi connectivity index (χ2n) is 12.9. The summed E-state index contributed by atoms with van der Waals surface area (Å²) in [7, 11) is 0. The van der Waals surface area contributed by atoms with Crippen molar-refractivity contribution in [2.24, 2.45) is 0 Å². The van der Waals surface area contributed by atoms with Crippen LogP contribution in [0.3, 0.4) is 0 Å². The highest BCUT2D eigenvalue weighted by Gasteiger charge is 2.52. The van der Waals surface area contributed by atoms with Crippen LogP contribution >= 0.6 is 0 Å². The Hall–Kier alpha value is -3.67. The topological polar surface area (TPSA) is 308 Å². The average Bonchev–Trinajstić information content (AvgIpc) is 3.10. The highest BCUT2D eigenvalue weighted by molar-refractivity contribution is 5.88. The maximum Gasteiger partial charge on any atom is 0.239 e. The predicted molar refractivity (Wildman–Crippen MR) is 170 cm³/mol. The van der Waals surface area contributed by atoms with Crippen molar-refractivity contribution in [3.8, 4) is 34.3 Å². The van der Waals surface area contributed by atoms with Crippen LogP contribution < -0.4 is 10.2 Å². The van der Waals surface area contributed by atoms with Gasteiger partial charge in [0, 0.05) is 17.7 Å². The van der Waals surface area contributed by atoms with Gasteiger partial charge < -0.3 is 89.0 Å². The van der Waals surface area contributed by atoms with Crippen LogP contribution in [-0.2, 0) is 23.7 Å². The van der Waals surface area contributed by atoms with Crippen LogP contribution in [0, 0.1) is 0 Å². The Balaban J connectivity index is 1.38. The van der Waals surface area contributed by atoms with Crippen LogP contribution in [0.15, 0.2) is 45.6 Å². The molecule has 19 heteroatoms. The van der Waals surface area contributed by atoms with E-state index in [4.69, 9.17) is 32.8 Å². The van der Waals surface area contributed by atoms with Crippen molar-refractivity contribution in [1.82, 2.24) is 0 Å². The molecule has 3 saturated heterocycles. The fourth-order valence-corrected chi connectivity index (χ4v) is 6.20. The fourth-order valence-electron chi connectivity index (χ4n) is 6.20. The van der Waals surface area contributed by atoms with Crippen molar-refractivity contribution in [2.45, 2.75) is 106 Å². The van der Waals surface area contributed by atoms with E-state index >= 15 is 0 Å². The number of rotatable bonds is 8.